The molecule has 1 heterocycles. The van der Waals surface area contributed by atoms with Crippen molar-refractivity contribution < 1.29 is 22.5 Å². The molecule has 1 aliphatic heterocycles. The van der Waals surface area contributed by atoms with Crippen molar-refractivity contribution in [2.45, 2.75) is 17.4 Å². The molecular weight excluding hydrogens is 341 g/mol. The molecule has 2 rings (SSSR count). The number of nitro groups is 1. The van der Waals surface area contributed by atoms with Crippen LogP contribution in [0.25, 0.3) is 0 Å². The van der Waals surface area contributed by atoms with Crippen molar-refractivity contribution >= 4 is 28.1 Å². The SMILES string of the molecule is COc1c(F)cc(S(=O)(=O)N2CC[C@@H](N)C2)cc1[N+](=O)[O-].Cl. The number of methoxy groups -OCH3 is 1. The quantitative estimate of drug-likeness (QED) is 0.633. The summed E-state index contributed by atoms with van der Waals surface area (Å²) in [5.74, 6) is -1.70. The molecule has 1 aromatic carbocycles. The minimum atomic E-state index is -4.02. The van der Waals surface area contributed by atoms with Gasteiger partial charge in [0.15, 0.2) is 5.82 Å². The largest absolute Gasteiger partial charge is 0.488 e. The average Bonchev–Trinajstić information content (AvgIpc) is 2.85. The Morgan fingerprint density at radius 1 is 1.50 bits per heavy atom. The highest BCUT2D eigenvalue weighted by molar-refractivity contribution is 7.89. The fourth-order valence-corrected chi connectivity index (χ4v) is 3.71. The van der Waals surface area contributed by atoms with Crippen molar-refractivity contribution in [2.24, 2.45) is 5.73 Å². The molecule has 0 amide bonds. The van der Waals surface area contributed by atoms with Gasteiger partial charge >= 0.3 is 5.69 Å². The van der Waals surface area contributed by atoms with Crippen molar-refractivity contribution in [3.63, 3.8) is 0 Å². The van der Waals surface area contributed by atoms with Gasteiger partial charge in [-0.25, -0.2) is 12.8 Å². The Bertz CT molecular complexity index is 685. The first kappa shape index (κ1) is 18.6. The van der Waals surface area contributed by atoms with Gasteiger partial charge in [-0.1, -0.05) is 0 Å². The highest BCUT2D eigenvalue weighted by Crippen LogP contribution is 2.34. The highest BCUT2D eigenvalue weighted by Gasteiger charge is 2.34. The summed E-state index contributed by atoms with van der Waals surface area (Å²) in [5.41, 5.74) is 4.91. The van der Waals surface area contributed by atoms with Crippen LogP contribution in [0.3, 0.4) is 0 Å². The second kappa shape index (κ2) is 6.73. The first-order valence-corrected chi connectivity index (χ1v) is 7.49. The Labute approximate surface area is 132 Å². The molecule has 0 saturated carbocycles. The van der Waals surface area contributed by atoms with Crippen molar-refractivity contribution in [2.75, 3.05) is 20.2 Å². The van der Waals surface area contributed by atoms with E-state index in [1.807, 2.05) is 0 Å². The summed E-state index contributed by atoms with van der Waals surface area (Å²) in [6.45, 7) is 0.300. The van der Waals surface area contributed by atoms with Gasteiger partial charge in [0.2, 0.25) is 15.8 Å². The van der Waals surface area contributed by atoms with Crippen LogP contribution in [0.4, 0.5) is 10.1 Å². The third kappa shape index (κ3) is 3.29. The minimum Gasteiger partial charge on any atom is -0.488 e. The van der Waals surface area contributed by atoms with Gasteiger partial charge < -0.3 is 10.5 Å². The van der Waals surface area contributed by atoms with E-state index in [1.165, 1.54) is 0 Å². The minimum absolute atomic E-state index is 0. The van der Waals surface area contributed by atoms with E-state index in [0.29, 0.717) is 12.5 Å². The molecule has 1 saturated heterocycles. The van der Waals surface area contributed by atoms with Gasteiger partial charge in [0.25, 0.3) is 0 Å². The molecule has 11 heteroatoms. The van der Waals surface area contributed by atoms with Crippen LogP contribution in [0.15, 0.2) is 17.0 Å². The second-order valence-corrected chi connectivity index (χ2v) is 6.56. The molecule has 0 unspecified atom stereocenters. The van der Waals surface area contributed by atoms with Crippen LogP contribution < -0.4 is 10.5 Å². The smallest absolute Gasteiger partial charge is 0.315 e. The van der Waals surface area contributed by atoms with Crippen LogP contribution in [0.2, 0.25) is 0 Å². The summed E-state index contributed by atoms with van der Waals surface area (Å²) in [6, 6.07) is 1.21. The van der Waals surface area contributed by atoms with Crippen LogP contribution in [0.5, 0.6) is 5.75 Å². The van der Waals surface area contributed by atoms with Crippen molar-refractivity contribution in [1.29, 1.82) is 0 Å². The molecule has 0 aromatic heterocycles. The average molecular weight is 356 g/mol. The van der Waals surface area contributed by atoms with Gasteiger partial charge in [0.05, 0.1) is 16.9 Å². The first-order valence-electron chi connectivity index (χ1n) is 6.05. The Hall–Kier alpha value is -1.49. The molecular formula is C11H15ClFN3O5S. The number of ether oxygens (including phenoxy) is 1. The zero-order chi connectivity index (χ0) is 15.8. The van der Waals surface area contributed by atoms with Gasteiger partial charge in [-0.15, -0.1) is 12.4 Å². The van der Waals surface area contributed by atoms with E-state index in [-0.39, 0.29) is 31.5 Å². The van der Waals surface area contributed by atoms with Gasteiger partial charge in [0.1, 0.15) is 0 Å². The lowest BCUT2D eigenvalue weighted by molar-refractivity contribution is -0.386. The number of nitrogens with two attached hydrogens (primary N) is 1. The van der Waals surface area contributed by atoms with Gasteiger partial charge in [-0.05, 0) is 12.5 Å². The molecule has 1 fully saturated rings. The lowest BCUT2D eigenvalue weighted by Crippen LogP contribution is -2.32. The molecule has 1 aliphatic rings. The Kier molecular flexibility index (Phi) is 5.68. The zero-order valence-corrected chi connectivity index (χ0v) is 13.2. The van der Waals surface area contributed by atoms with Gasteiger partial charge in [-0.2, -0.15) is 4.31 Å². The summed E-state index contributed by atoms with van der Waals surface area (Å²) < 4.78 is 44.2. The molecule has 124 valence electrons. The summed E-state index contributed by atoms with van der Waals surface area (Å²) in [4.78, 5) is 9.54. The molecule has 2 N–H and O–H groups in total. The van der Waals surface area contributed by atoms with E-state index in [0.717, 1.165) is 17.5 Å². The molecule has 8 nitrogen and oxygen atoms in total. The number of nitro benzene ring substituents is 1. The maximum Gasteiger partial charge on any atom is 0.315 e. The Balaban J connectivity index is 0.00000242. The van der Waals surface area contributed by atoms with Crippen LogP contribution in [0.1, 0.15) is 6.42 Å². The summed E-state index contributed by atoms with van der Waals surface area (Å²) in [6.07, 6.45) is 0.486. The summed E-state index contributed by atoms with van der Waals surface area (Å²) in [7, 11) is -2.95. The normalized spacial score (nSPS) is 18.8. The van der Waals surface area contributed by atoms with E-state index in [1.54, 1.807) is 0 Å². The maximum absolute atomic E-state index is 13.8. The standard InChI is InChI=1S/C11H14FN3O5S.ClH/c1-20-11-9(12)4-8(5-10(11)15(16)17)21(18,19)14-3-2-7(13)6-14;/h4-5,7H,2-3,6,13H2,1H3;1H/t7-;/m1./s1. The lowest BCUT2D eigenvalue weighted by atomic mass is 10.3. The van der Waals surface area contributed by atoms with E-state index < -0.39 is 37.1 Å². The molecule has 0 spiro atoms. The Morgan fingerprint density at radius 2 is 2.14 bits per heavy atom. The number of rotatable bonds is 4. The summed E-state index contributed by atoms with van der Waals surface area (Å²) in [5, 5.41) is 10.9. The van der Waals surface area contributed by atoms with Crippen LogP contribution in [-0.2, 0) is 10.0 Å². The van der Waals surface area contributed by atoms with Gasteiger partial charge in [0, 0.05) is 25.2 Å². The fraction of sp³-hybridized carbons (Fsp3) is 0.455. The number of nitrogens with zero attached hydrogens (tertiary/aromatic N) is 2. The van der Waals surface area contributed by atoms with Crippen LogP contribution >= 0.6 is 12.4 Å². The van der Waals surface area contributed by atoms with E-state index in [4.69, 9.17) is 5.73 Å². The predicted octanol–water partition coefficient (Wildman–Crippen LogP) is 0.886. The van der Waals surface area contributed by atoms with Gasteiger partial charge in [-0.3, -0.25) is 10.1 Å². The molecule has 22 heavy (non-hydrogen) atoms. The van der Waals surface area contributed by atoms with E-state index in [9.17, 15) is 22.9 Å². The van der Waals surface area contributed by atoms with Crippen molar-refractivity contribution in [1.82, 2.24) is 4.31 Å². The molecule has 0 radical (unpaired) electrons. The molecule has 0 aliphatic carbocycles. The number of hydrogen-bond acceptors (Lipinski definition) is 6. The number of halogens is 2. The lowest BCUT2D eigenvalue weighted by Gasteiger charge is -2.16. The topological polar surface area (TPSA) is 116 Å². The van der Waals surface area contributed by atoms with Crippen LogP contribution in [-0.4, -0.2) is 43.9 Å². The molecule has 1 aromatic rings. The Morgan fingerprint density at radius 3 is 2.59 bits per heavy atom. The third-order valence-corrected chi connectivity index (χ3v) is 5.07. The predicted molar refractivity (Wildman–Crippen MR) is 78.2 cm³/mol. The van der Waals surface area contributed by atoms with E-state index >= 15 is 0 Å². The zero-order valence-electron chi connectivity index (χ0n) is 11.6. The number of hydrogen-bond donors (Lipinski definition) is 1. The molecule has 1 atom stereocenters. The van der Waals surface area contributed by atoms with Crippen LogP contribution in [0, 0.1) is 15.9 Å². The second-order valence-electron chi connectivity index (χ2n) is 4.63. The monoisotopic (exact) mass is 355 g/mol. The van der Waals surface area contributed by atoms with Crippen molar-refractivity contribution in [3.05, 3.63) is 28.1 Å². The highest BCUT2D eigenvalue weighted by atomic mass is 35.5. The van der Waals surface area contributed by atoms with Crippen molar-refractivity contribution in [3.8, 4) is 5.75 Å². The number of benzene rings is 1. The van der Waals surface area contributed by atoms with E-state index in [2.05, 4.69) is 4.74 Å². The number of sulfonamides is 1. The fourth-order valence-electron chi connectivity index (χ4n) is 2.16. The molecule has 0 bridgehead atoms. The maximum atomic E-state index is 13.8. The first-order chi connectivity index (χ1) is 9.77. The summed E-state index contributed by atoms with van der Waals surface area (Å²) >= 11 is 0. The third-order valence-electron chi connectivity index (χ3n) is 3.22.